The van der Waals surface area contributed by atoms with Crippen LogP contribution in [-0.2, 0) is 11.3 Å². The van der Waals surface area contributed by atoms with Gasteiger partial charge in [-0.2, -0.15) is 9.50 Å². The molecule has 0 radical (unpaired) electrons. The van der Waals surface area contributed by atoms with E-state index < -0.39 is 0 Å². The van der Waals surface area contributed by atoms with Crippen LogP contribution >= 0.6 is 11.6 Å². The number of aryl methyl sites for hydroxylation is 1. The number of aromatic nitrogens is 4. The summed E-state index contributed by atoms with van der Waals surface area (Å²) >= 11 is 6.23. The van der Waals surface area contributed by atoms with Crippen molar-refractivity contribution < 1.29 is 4.79 Å². The molecule has 1 fully saturated rings. The zero-order valence-corrected chi connectivity index (χ0v) is 15.1. The van der Waals surface area contributed by atoms with Crippen LogP contribution in [0.2, 0.25) is 5.02 Å². The minimum Gasteiger partial charge on any atom is -0.341 e. The number of likely N-dealkylation sites (tertiary alicyclic amines) is 1. The summed E-state index contributed by atoms with van der Waals surface area (Å²) in [5, 5.41) is 4.82. The zero-order valence-electron chi connectivity index (χ0n) is 14.4. The van der Waals surface area contributed by atoms with Crippen LogP contribution in [0.1, 0.15) is 18.5 Å². The Bertz CT molecular complexity index is 1050. The molecule has 134 valence electrons. The highest BCUT2D eigenvalue weighted by molar-refractivity contribution is 6.33. The highest BCUT2D eigenvalue weighted by Crippen LogP contribution is 2.25. The number of amides is 1. The first-order chi connectivity index (χ1) is 12.5. The van der Waals surface area contributed by atoms with Gasteiger partial charge in [0.15, 0.2) is 5.82 Å². The topological polar surface area (TPSA) is 72.5 Å². The normalized spacial score (nSPS) is 14.3. The number of hydrogen-bond acceptors (Lipinski definition) is 4. The van der Waals surface area contributed by atoms with E-state index in [0.29, 0.717) is 27.9 Å². The summed E-state index contributed by atoms with van der Waals surface area (Å²) in [7, 11) is 0. The van der Waals surface area contributed by atoms with Crippen molar-refractivity contribution in [2.75, 3.05) is 13.1 Å². The molecule has 4 rings (SSSR count). The SMILES string of the molecule is Cc1cc(=O)n2nc(-c3ccccc3Cl)nc2n1CC(=O)N1CCCC1. The largest absolute Gasteiger partial charge is 0.341 e. The predicted molar refractivity (Wildman–Crippen MR) is 98.2 cm³/mol. The Morgan fingerprint density at radius 3 is 2.69 bits per heavy atom. The van der Waals surface area contributed by atoms with Gasteiger partial charge >= 0.3 is 0 Å². The molecule has 1 aromatic carbocycles. The van der Waals surface area contributed by atoms with Gasteiger partial charge in [-0.15, -0.1) is 5.10 Å². The van der Waals surface area contributed by atoms with Crippen LogP contribution in [0.15, 0.2) is 35.1 Å². The fourth-order valence-corrected chi connectivity index (χ4v) is 3.48. The molecule has 8 heteroatoms. The van der Waals surface area contributed by atoms with Crippen molar-refractivity contribution in [2.45, 2.75) is 26.3 Å². The lowest BCUT2D eigenvalue weighted by Crippen LogP contribution is -2.33. The van der Waals surface area contributed by atoms with E-state index >= 15 is 0 Å². The standard InChI is InChI=1S/C18H18ClN5O2/c1-12-10-15(25)24-18(23(12)11-16(26)22-8-4-5-9-22)20-17(21-24)13-6-2-3-7-14(13)19/h2-3,6-7,10H,4-5,8-9,11H2,1H3. The molecule has 26 heavy (non-hydrogen) atoms. The van der Waals surface area contributed by atoms with E-state index in [2.05, 4.69) is 10.1 Å². The maximum Gasteiger partial charge on any atom is 0.275 e. The molecular formula is C18H18ClN5O2. The van der Waals surface area contributed by atoms with Gasteiger partial charge in [-0.3, -0.25) is 9.59 Å². The summed E-state index contributed by atoms with van der Waals surface area (Å²) in [6.45, 7) is 3.50. The first-order valence-electron chi connectivity index (χ1n) is 8.54. The lowest BCUT2D eigenvalue weighted by atomic mass is 10.2. The number of carbonyl (C=O) groups excluding carboxylic acids is 1. The Hall–Kier alpha value is -2.67. The summed E-state index contributed by atoms with van der Waals surface area (Å²) in [6, 6.07) is 8.67. The molecule has 0 saturated carbocycles. The van der Waals surface area contributed by atoms with E-state index in [4.69, 9.17) is 11.6 Å². The number of carbonyl (C=O) groups is 1. The number of halogens is 1. The van der Waals surface area contributed by atoms with Crippen molar-refractivity contribution in [1.82, 2.24) is 24.1 Å². The first kappa shape index (κ1) is 16.8. The molecule has 2 aromatic heterocycles. The van der Waals surface area contributed by atoms with E-state index in [0.717, 1.165) is 25.9 Å². The van der Waals surface area contributed by atoms with Crippen LogP contribution in [-0.4, -0.2) is 43.1 Å². The molecule has 0 N–H and O–H groups in total. The maximum absolute atomic E-state index is 12.6. The Balaban J connectivity index is 1.81. The van der Waals surface area contributed by atoms with Gasteiger partial charge < -0.3 is 9.47 Å². The van der Waals surface area contributed by atoms with Crippen molar-refractivity contribution >= 4 is 23.3 Å². The summed E-state index contributed by atoms with van der Waals surface area (Å²) in [4.78, 5) is 31.3. The third-order valence-electron chi connectivity index (χ3n) is 4.67. The maximum atomic E-state index is 12.6. The van der Waals surface area contributed by atoms with Gasteiger partial charge in [-0.25, -0.2) is 0 Å². The van der Waals surface area contributed by atoms with Gasteiger partial charge in [0, 0.05) is 30.4 Å². The third kappa shape index (κ3) is 2.88. The lowest BCUT2D eigenvalue weighted by molar-refractivity contribution is -0.130. The van der Waals surface area contributed by atoms with Crippen molar-refractivity contribution in [3.8, 4) is 11.4 Å². The fourth-order valence-electron chi connectivity index (χ4n) is 3.26. The van der Waals surface area contributed by atoms with Gasteiger partial charge in [-0.1, -0.05) is 23.7 Å². The van der Waals surface area contributed by atoms with Gasteiger partial charge in [0.1, 0.15) is 6.54 Å². The molecular weight excluding hydrogens is 354 g/mol. The molecule has 1 amide bonds. The van der Waals surface area contributed by atoms with E-state index in [1.54, 1.807) is 23.6 Å². The second-order valence-electron chi connectivity index (χ2n) is 6.43. The molecule has 3 heterocycles. The number of rotatable bonds is 3. The van der Waals surface area contributed by atoms with Crippen LogP contribution in [0, 0.1) is 6.92 Å². The van der Waals surface area contributed by atoms with E-state index in [-0.39, 0.29) is 18.0 Å². The average molecular weight is 372 g/mol. The van der Waals surface area contributed by atoms with Gasteiger partial charge in [-0.05, 0) is 31.9 Å². The number of benzene rings is 1. The number of fused-ring (bicyclic) bond motifs is 1. The second kappa shape index (κ2) is 6.57. The Morgan fingerprint density at radius 2 is 1.96 bits per heavy atom. The van der Waals surface area contributed by atoms with Crippen LogP contribution in [0.25, 0.3) is 17.2 Å². The molecule has 3 aromatic rings. The van der Waals surface area contributed by atoms with Crippen molar-refractivity contribution in [3.05, 3.63) is 51.4 Å². The Labute approximate surface area is 154 Å². The summed E-state index contributed by atoms with van der Waals surface area (Å²) in [6.07, 6.45) is 2.07. The van der Waals surface area contributed by atoms with Crippen molar-refractivity contribution in [1.29, 1.82) is 0 Å². The molecule has 0 spiro atoms. The van der Waals surface area contributed by atoms with E-state index in [1.807, 2.05) is 17.0 Å². The minimum atomic E-state index is -0.284. The number of nitrogens with zero attached hydrogens (tertiary/aromatic N) is 5. The smallest absolute Gasteiger partial charge is 0.275 e. The van der Waals surface area contributed by atoms with Crippen LogP contribution in [0.4, 0.5) is 0 Å². The van der Waals surface area contributed by atoms with Crippen LogP contribution in [0.3, 0.4) is 0 Å². The van der Waals surface area contributed by atoms with E-state index in [1.165, 1.54) is 10.6 Å². The fraction of sp³-hybridized carbons (Fsp3) is 0.333. The monoisotopic (exact) mass is 371 g/mol. The van der Waals surface area contributed by atoms with E-state index in [9.17, 15) is 9.59 Å². The summed E-state index contributed by atoms with van der Waals surface area (Å²) in [5.41, 5.74) is 1.04. The Morgan fingerprint density at radius 1 is 1.23 bits per heavy atom. The highest BCUT2D eigenvalue weighted by atomic mass is 35.5. The van der Waals surface area contributed by atoms with Crippen LogP contribution < -0.4 is 5.56 Å². The lowest BCUT2D eigenvalue weighted by Gasteiger charge is -2.17. The second-order valence-corrected chi connectivity index (χ2v) is 6.83. The molecule has 7 nitrogen and oxygen atoms in total. The van der Waals surface area contributed by atoms with Gasteiger partial charge in [0.05, 0.1) is 5.02 Å². The quantitative estimate of drug-likeness (QED) is 0.707. The zero-order chi connectivity index (χ0) is 18.3. The Kier molecular flexibility index (Phi) is 4.24. The molecule has 0 atom stereocenters. The number of hydrogen-bond donors (Lipinski definition) is 0. The summed E-state index contributed by atoms with van der Waals surface area (Å²) in [5.74, 6) is 0.733. The predicted octanol–water partition coefficient (Wildman–Crippen LogP) is 2.14. The molecule has 0 bridgehead atoms. The molecule has 0 unspecified atom stereocenters. The average Bonchev–Trinajstić information content (AvgIpc) is 3.29. The third-order valence-corrected chi connectivity index (χ3v) is 4.99. The summed E-state index contributed by atoms with van der Waals surface area (Å²) < 4.78 is 2.96. The van der Waals surface area contributed by atoms with Crippen LogP contribution in [0.5, 0.6) is 0 Å². The molecule has 1 saturated heterocycles. The van der Waals surface area contributed by atoms with Crippen molar-refractivity contribution in [3.63, 3.8) is 0 Å². The first-order valence-corrected chi connectivity index (χ1v) is 8.92. The minimum absolute atomic E-state index is 0.0263. The molecule has 1 aliphatic rings. The van der Waals surface area contributed by atoms with Crippen molar-refractivity contribution in [2.24, 2.45) is 0 Å². The van der Waals surface area contributed by atoms with Gasteiger partial charge in [0.25, 0.3) is 5.56 Å². The molecule has 0 aliphatic carbocycles. The van der Waals surface area contributed by atoms with Gasteiger partial charge in [0.2, 0.25) is 11.7 Å². The highest BCUT2D eigenvalue weighted by Gasteiger charge is 2.21. The molecule has 1 aliphatic heterocycles.